The van der Waals surface area contributed by atoms with Crippen LogP contribution in [0, 0.1) is 0 Å². The van der Waals surface area contributed by atoms with Crippen LogP contribution in [0.15, 0.2) is 42.6 Å². The second-order valence-corrected chi connectivity index (χ2v) is 5.35. The molecule has 1 N–H and O–H groups in total. The van der Waals surface area contributed by atoms with Gasteiger partial charge in [0, 0.05) is 11.8 Å². The summed E-state index contributed by atoms with van der Waals surface area (Å²) in [6, 6.07) is 10.9. The first-order valence-corrected chi connectivity index (χ1v) is 7.21. The van der Waals surface area contributed by atoms with Crippen LogP contribution in [-0.2, 0) is 4.79 Å². The van der Waals surface area contributed by atoms with E-state index in [1.54, 1.807) is 29.7 Å². The Morgan fingerprint density at radius 1 is 1.30 bits per heavy atom. The molecule has 23 heavy (non-hydrogen) atoms. The largest absolute Gasteiger partial charge is 0.479 e. The van der Waals surface area contributed by atoms with Gasteiger partial charge in [-0.25, -0.2) is 4.98 Å². The molecule has 0 aliphatic carbocycles. The number of hydrogen-bond acceptors (Lipinski definition) is 4. The van der Waals surface area contributed by atoms with Gasteiger partial charge in [0.15, 0.2) is 12.4 Å². The minimum Gasteiger partial charge on any atom is -0.479 e. The summed E-state index contributed by atoms with van der Waals surface area (Å²) in [5, 5.41) is 2.80. The average Bonchev–Trinajstić information content (AvgIpc) is 2.94. The van der Waals surface area contributed by atoms with Crippen LogP contribution in [0.25, 0.3) is 16.9 Å². The molecule has 0 fully saturated rings. The molecule has 1 unspecified atom stereocenters. The zero-order chi connectivity index (χ0) is 16.0. The van der Waals surface area contributed by atoms with Gasteiger partial charge in [0.05, 0.1) is 5.69 Å². The number of ether oxygens (including phenoxy) is 1. The van der Waals surface area contributed by atoms with Crippen molar-refractivity contribution < 1.29 is 14.3 Å². The number of rotatable bonds is 2. The number of anilines is 1. The fourth-order valence-electron chi connectivity index (χ4n) is 2.70. The number of hydrogen-bond donors (Lipinski definition) is 1. The van der Waals surface area contributed by atoms with Gasteiger partial charge in [-0.2, -0.15) is 0 Å². The molecular weight excluding hydrogens is 294 g/mol. The molecule has 0 radical (unpaired) electrons. The minimum atomic E-state index is -0.519. The lowest BCUT2D eigenvalue weighted by atomic mass is 10.1. The van der Waals surface area contributed by atoms with Crippen molar-refractivity contribution in [2.24, 2.45) is 0 Å². The highest BCUT2D eigenvalue weighted by Crippen LogP contribution is 2.34. The van der Waals surface area contributed by atoms with E-state index in [0.717, 1.165) is 11.8 Å². The van der Waals surface area contributed by atoms with Gasteiger partial charge >= 0.3 is 0 Å². The number of nitrogens with one attached hydrogen (secondary N) is 1. The van der Waals surface area contributed by atoms with Gasteiger partial charge in [0.2, 0.25) is 0 Å². The Bertz CT molecular complexity index is 945. The maximum atomic E-state index is 11.8. The number of carbonyl (C=O) groups excluding carboxylic acids is 2. The predicted molar refractivity (Wildman–Crippen MR) is 84.7 cm³/mol. The third-order valence-electron chi connectivity index (χ3n) is 3.86. The molecule has 3 aromatic rings. The molecule has 6 nitrogen and oxygen atoms in total. The summed E-state index contributed by atoms with van der Waals surface area (Å²) in [4.78, 5) is 27.8. The number of pyridine rings is 1. The lowest BCUT2D eigenvalue weighted by molar-refractivity contribution is -0.122. The lowest BCUT2D eigenvalue weighted by Gasteiger charge is -2.23. The van der Waals surface area contributed by atoms with E-state index in [1.165, 1.54) is 0 Å². The predicted octanol–water partition coefficient (Wildman–Crippen LogP) is 2.53. The fourth-order valence-corrected chi connectivity index (χ4v) is 2.70. The molecule has 1 amide bonds. The molecule has 0 bridgehead atoms. The topological polar surface area (TPSA) is 72.7 Å². The normalized spacial score (nSPS) is 16.6. The standard InChI is InChI=1S/C17H13N3O3/c1-10-17(22)18-12-8-11(5-6-14(12)23-10)16-13(9-21)20-7-3-2-4-15(20)19-16/h2-10H,1H3,(H,18,22). The van der Waals surface area contributed by atoms with Gasteiger partial charge < -0.3 is 10.1 Å². The molecule has 2 aromatic heterocycles. The Morgan fingerprint density at radius 3 is 3.00 bits per heavy atom. The van der Waals surface area contributed by atoms with Crippen molar-refractivity contribution in [3.63, 3.8) is 0 Å². The molecule has 0 saturated heterocycles. The van der Waals surface area contributed by atoms with Gasteiger partial charge in [-0.1, -0.05) is 6.07 Å². The zero-order valence-electron chi connectivity index (χ0n) is 12.3. The fraction of sp³-hybridized carbons (Fsp3) is 0.118. The minimum absolute atomic E-state index is 0.194. The van der Waals surface area contributed by atoms with Crippen molar-refractivity contribution >= 4 is 23.5 Å². The average molecular weight is 307 g/mol. The highest BCUT2D eigenvalue weighted by molar-refractivity contribution is 5.98. The summed E-state index contributed by atoms with van der Waals surface area (Å²) in [6.45, 7) is 1.69. The maximum absolute atomic E-state index is 11.8. The third kappa shape index (κ3) is 2.07. The summed E-state index contributed by atoms with van der Waals surface area (Å²) in [6.07, 6.45) is 2.06. The van der Waals surface area contributed by atoms with E-state index in [4.69, 9.17) is 4.74 Å². The van der Waals surface area contributed by atoms with Crippen LogP contribution in [0.5, 0.6) is 5.75 Å². The number of benzene rings is 1. The first-order chi connectivity index (χ1) is 11.2. The second-order valence-electron chi connectivity index (χ2n) is 5.35. The molecule has 4 rings (SSSR count). The first kappa shape index (κ1) is 13.5. The zero-order valence-corrected chi connectivity index (χ0v) is 12.3. The third-order valence-corrected chi connectivity index (χ3v) is 3.86. The van der Waals surface area contributed by atoms with Crippen LogP contribution in [0.2, 0.25) is 0 Å². The molecule has 1 atom stereocenters. The van der Waals surface area contributed by atoms with Gasteiger partial charge in [0.25, 0.3) is 5.91 Å². The van der Waals surface area contributed by atoms with Crippen molar-refractivity contribution in [2.45, 2.75) is 13.0 Å². The molecular formula is C17H13N3O3. The summed E-state index contributed by atoms with van der Waals surface area (Å²) >= 11 is 0. The first-order valence-electron chi connectivity index (χ1n) is 7.21. The smallest absolute Gasteiger partial charge is 0.265 e. The molecule has 1 aliphatic rings. The Balaban J connectivity index is 1.87. The summed E-state index contributed by atoms with van der Waals surface area (Å²) in [5.41, 5.74) is 3.06. The van der Waals surface area contributed by atoms with Gasteiger partial charge in [-0.05, 0) is 37.3 Å². The molecule has 1 aromatic carbocycles. The van der Waals surface area contributed by atoms with Gasteiger partial charge in [-0.15, -0.1) is 0 Å². The molecule has 3 heterocycles. The number of aromatic nitrogens is 2. The summed E-state index contributed by atoms with van der Waals surface area (Å²) in [7, 11) is 0. The van der Waals surface area contributed by atoms with E-state index in [9.17, 15) is 9.59 Å². The van der Waals surface area contributed by atoms with Crippen molar-refractivity contribution in [2.75, 3.05) is 5.32 Å². The molecule has 1 aliphatic heterocycles. The Morgan fingerprint density at radius 2 is 2.17 bits per heavy atom. The quantitative estimate of drug-likeness (QED) is 0.738. The monoisotopic (exact) mass is 307 g/mol. The number of imidazole rings is 1. The number of fused-ring (bicyclic) bond motifs is 2. The van der Waals surface area contributed by atoms with Crippen LogP contribution in [0.4, 0.5) is 5.69 Å². The summed E-state index contributed by atoms with van der Waals surface area (Å²) < 4.78 is 7.28. The van der Waals surface area contributed by atoms with Crippen molar-refractivity contribution in [3.05, 3.63) is 48.3 Å². The van der Waals surface area contributed by atoms with Crippen LogP contribution >= 0.6 is 0 Å². The Hall–Kier alpha value is -3.15. The maximum Gasteiger partial charge on any atom is 0.265 e. The Labute approximate surface area is 131 Å². The number of aldehydes is 1. The van der Waals surface area contributed by atoms with Gasteiger partial charge in [-0.3, -0.25) is 14.0 Å². The number of carbonyl (C=O) groups is 2. The molecule has 0 spiro atoms. The van der Waals surface area contributed by atoms with E-state index >= 15 is 0 Å². The van der Waals surface area contributed by atoms with Crippen LogP contribution in [0.3, 0.4) is 0 Å². The van der Waals surface area contributed by atoms with E-state index in [0.29, 0.717) is 28.5 Å². The van der Waals surface area contributed by atoms with E-state index in [1.807, 2.05) is 24.3 Å². The van der Waals surface area contributed by atoms with Crippen LogP contribution in [-0.4, -0.2) is 27.7 Å². The van der Waals surface area contributed by atoms with Gasteiger partial charge in [0.1, 0.15) is 22.8 Å². The van der Waals surface area contributed by atoms with E-state index < -0.39 is 6.10 Å². The van der Waals surface area contributed by atoms with Crippen LogP contribution in [0.1, 0.15) is 17.4 Å². The summed E-state index contributed by atoms with van der Waals surface area (Å²) in [5.74, 6) is 0.414. The number of nitrogens with zero attached hydrogens (tertiary/aromatic N) is 2. The lowest BCUT2D eigenvalue weighted by Crippen LogP contribution is -2.34. The molecule has 114 valence electrons. The van der Waals surface area contributed by atoms with Crippen molar-refractivity contribution in [3.8, 4) is 17.0 Å². The Kier molecular flexibility index (Phi) is 2.90. The molecule has 0 saturated carbocycles. The number of amides is 1. The SMILES string of the molecule is CC1Oc2ccc(-c3nc4ccccn4c3C=O)cc2NC1=O. The van der Waals surface area contributed by atoms with Crippen molar-refractivity contribution in [1.29, 1.82) is 0 Å². The second kappa shape index (κ2) is 4.95. The van der Waals surface area contributed by atoms with Crippen LogP contribution < -0.4 is 10.1 Å². The highest BCUT2D eigenvalue weighted by Gasteiger charge is 2.24. The van der Waals surface area contributed by atoms with E-state index in [-0.39, 0.29) is 5.91 Å². The van der Waals surface area contributed by atoms with E-state index in [2.05, 4.69) is 10.3 Å². The van der Waals surface area contributed by atoms with Crippen molar-refractivity contribution in [1.82, 2.24) is 9.38 Å². The highest BCUT2D eigenvalue weighted by atomic mass is 16.5. The molecule has 6 heteroatoms.